The maximum Gasteiger partial charge on any atom is 0.354 e. The molecule has 1 fully saturated rings. The number of aromatic nitrogens is 1. The number of carboxylic acids is 1. The van der Waals surface area contributed by atoms with Crippen molar-refractivity contribution in [2.24, 2.45) is 11.3 Å². The Balaban J connectivity index is 1.64. The van der Waals surface area contributed by atoms with Crippen molar-refractivity contribution in [2.75, 3.05) is 0 Å². The third-order valence-electron chi connectivity index (χ3n) is 6.38. The van der Waals surface area contributed by atoms with E-state index in [0.717, 1.165) is 15.6 Å². The largest absolute Gasteiger partial charge is 0.477 e. The molecule has 1 aromatic carbocycles. The summed E-state index contributed by atoms with van der Waals surface area (Å²) in [6.45, 7) is 12.7. The number of carbonyl (C=O) groups excluding carboxylic acids is 1. The van der Waals surface area contributed by atoms with Gasteiger partial charge in [-0.05, 0) is 36.7 Å². The van der Waals surface area contributed by atoms with Crippen LogP contribution in [0.4, 0.5) is 0 Å². The Labute approximate surface area is 214 Å². The molecule has 0 spiro atoms. The van der Waals surface area contributed by atoms with Crippen LogP contribution in [0.3, 0.4) is 0 Å². The molecule has 3 heterocycles. The van der Waals surface area contributed by atoms with Crippen molar-refractivity contribution in [1.82, 2.24) is 9.88 Å². The fraction of sp³-hybridized carbons (Fsp3) is 0.458. The highest BCUT2D eigenvalue weighted by Gasteiger charge is 2.66. The van der Waals surface area contributed by atoms with Gasteiger partial charge >= 0.3 is 5.97 Å². The minimum Gasteiger partial charge on any atom is -0.477 e. The highest BCUT2D eigenvalue weighted by molar-refractivity contribution is 8.23. The molecule has 0 aliphatic carbocycles. The molecule has 6 nitrogen and oxygen atoms in total. The number of benzene rings is 1. The Hall–Kier alpha value is -1.59. The molecule has 2 aromatic rings. The summed E-state index contributed by atoms with van der Waals surface area (Å²) in [5.41, 5.74) is 1.04. The van der Waals surface area contributed by atoms with Gasteiger partial charge in [0.15, 0.2) is 19.1 Å². The van der Waals surface area contributed by atoms with Crippen LogP contribution in [0.25, 0.3) is 11.3 Å². The molecule has 3 atom stereocenters. The molecule has 182 valence electrons. The van der Waals surface area contributed by atoms with Crippen LogP contribution in [0.5, 0.6) is 0 Å². The summed E-state index contributed by atoms with van der Waals surface area (Å²) in [7, 11) is -1.47. The molecule has 0 bridgehead atoms. The van der Waals surface area contributed by atoms with Gasteiger partial charge in [0.1, 0.15) is 5.37 Å². The van der Waals surface area contributed by atoms with Crippen LogP contribution in [0.1, 0.15) is 34.1 Å². The lowest BCUT2D eigenvalue weighted by atomic mass is 9.64. The first-order chi connectivity index (χ1) is 16.0. The molecule has 0 radical (unpaired) electrons. The number of aliphatic carboxylic acids is 1. The summed E-state index contributed by atoms with van der Waals surface area (Å²) < 4.78 is 8.00. The van der Waals surface area contributed by atoms with Crippen molar-refractivity contribution >= 4 is 55.8 Å². The topological polar surface area (TPSA) is 79.7 Å². The van der Waals surface area contributed by atoms with Gasteiger partial charge in [-0.1, -0.05) is 69.8 Å². The number of β-lactam (4-membered cyclic amide) rings is 1. The highest BCUT2D eigenvalue weighted by Crippen LogP contribution is 2.60. The lowest BCUT2D eigenvalue weighted by molar-refractivity contribution is -0.177. The van der Waals surface area contributed by atoms with Crippen LogP contribution in [0.15, 0.2) is 50.0 Å². The lowest BCUT2D eigenvalue weighted by Gasteiger charge is -2.57. The lowest BCUT2D eigenvalue weighted by Crippen LogP contribution is -2.70. The molecule has 0 unspecified atom stereocenters. The van der Waals surface area contributed by atoms with Crippen molar-refractivity contribution in [3.05, 3.63) is 45.6 Å². The average Bonchev–Trinajstić information content (AvgIpc) is 3.36. The minimum absolute atomic E-state index is 0.0680. The van der Waals surface area contributed by atoms with Gasteiger partial charge in [0.2, 0.25) is 5.91 Å². The smallest absolute Gasteiger partial charge is 0.354 e. The van der Waals surface area contributed by atoms with Crippen LogP contribution >= 0.6 is 34.9 Å². The second kappa shape index (κ2) is 9.46. The number of rotatable bonds is 8. The molecule has 2 aliphatic rings. The molecule has 1 amide bonds. The van der Waals surface area contributed by atoms with E-state index in [9.17, 15) is 14.7 Å². The number of fused-ring (bicyclic) bond motifs is 1. The number of amides is 1. The van der Waals surface area contributed by atoms with Crippen molar-refractivity contribution in [2.45, 2.75) is 62.5 Å². The fourth-order valence-corrected chi connectivity index (χ4v) is 10.3. The summed E-state index contributed by atoms with van der Waals surface area (Å²) in [5.74, 6) is -1.62. The molecule has 4 rings (SSSR count). The van der Waals surface area contributed by atoms with Gasteiger partial charge < -0.3 is 9.53 Å². The van der Waals surface area contributed by atoms with Crippen LogP contribution < -0.4 is 0 Å². The summed E-state index contributed by atoms with van der Waals surface area (Å²) in [4.78, 5) is 31.9. The van der Waals surface area contributed by atoms with E-state index in [2.05, 4.69) is 40.8 Å². The first-order valence-electron chi connectivity index (χ1n) is 11.3. The second-order valence-electron chi connectivity index (χ2n) is 9.76. The third kappa shape index (κ3) is 4.28. The quantitative estimate of drug-likeness (QED) is 0.334. The number of carboxylic acid groups (broad SMARTS) is 1. The Morgan fingerprint density at radius 3 is 2.50 bits per heavy atom. The van der Waals surface area contributed by atoms with Gasteiger partial charge in [-0.15, -0.1) is 11.3 Å². The van der Waals surface area contributed by atoms with E-state index in [-0.39, 0.29) is 28.3 Å². The molecule has 1 aromatic heterocycles. The monoisotopic (exact) mass is 534 g/mol. The normalized spacial score (nSPS) is 22.1. The van der Waals surface area contributed by atoms with Gasteiger partial charge in [-0.25, -0.2) is 9.78 Å². The number of nitrogens with zero attached hydrogens (tertiary/aromatic N) is 2. The predicted octanol–water partition coefficient (Wildman–Crippen LogP) is 5.88. The molecular weight excluding hydrogens is 505 g/mol. The van der Waals surface area contributed by atoms with Crippen molar-refractivity contribution in [3.63, 3.8) is 0 Å². The van der Waals surface area contributed by atoms with Crippen molar-refractivity contribution in [1.29, 1.82) is 0 Å². The van der Waals surface area contributed by atoms with Gasteiger partial charge in [0.25, 0.3) is 0 Å². The molecule has 0 saturated carbocycles. The number of thioether (sulfide) groups is 2. The van der Waals surface area contributed by atoms with Crippen LogP contribution in [0.2, 0.25) is 13.1 Å². The van der Waals surface area contributed by atoms with Gasteiger partial charge in [0.05, 0.1) is 21.5 Å². The second-order valence-corrected chi connectivity index (χ2v) is 15.6. The number of hydrogen-bond donors (Lipinski definition) is 1. The summed E-state index contributed by atoms with van der Waals surface area (Å²) in [5, 5.41) is 11.7. The van der Waals surface area contributed by atoms with Crippen LogP contribution in [0, 0.1) is 11.3 Å². The van der Waals surface area contributed by atoms with E-state index in [1.165, 1.54) is 39.8 Å². The van der Waals surface area contributed by atoms with Gasteiger partial charge in [-0.2, -0.15) is 0 Å². The SMILES string of the molecule is CC[C@](O[SiH](C)C)([C@@H]1C(=O)N2C(C(=O)O)=C(Sc3nc(-c4ccccc4)cs3)S[C@H]12)C(C)(C)C. The molecule has 2 aliphatic heterocycles. The molecule has 10 heteroatoms. The number of thiazole rings is 1. The zero-order valence-corrected chi connectivity index (χ0v) is 23.8. The minimum atomic E-state index is -1.47. The van der Waals surface area contributed by atoms with Crippen molar-refractivity contribution in [3.8, 4) is 11.3 Å². The van der Waals surface area contributed by atoms with E-state index in [1.807, 2.05) is 35.7 Å². The van der Waals surface area contributed by atoms with Gasteiger partial charge in [0, 0.05) is 10.9 Å². The van der Waals surface area contributed by atoms with Gasteiger partial charge in [-0.3, -0.25) is 9.69 Å². The Kier molecular flexibility index (Phi) is 7.09. The Morgan fingerprint density at radius 2 is 1.94 bits per heavy atom. The van der Waals surface area contributed by atoms with E-state index in [0.29, 0.717) is 10.7 Å². The third-order valence-corrected chi connectivity index (χ3v) is 10.8. The van der Waals surface area contributed by atoms with E-state index >= 15 is 0 Å². The standard InChI is InChI=1S/C24H30N2O4S3Si/c1-7-24(23(2,3)4,30-34(5)6)16-18(27)26-17(20(28)29)21(32-19(16)26)33-22-25-15(13-31-22)14-11-9-8-10-12-14/h8-13,16,19,34H,7H2,1-6H3,(H,28,29)/t16-,19-,24+/m1/s1. The zero-order chi connectivity index (χ0) is 24.8. The maximum absolute atomic E-state index is 13.5. The fourth-order valence-electron chi connectivity index (χ4n) is 4.87. The highest BCUT2D eigenvalue weighted by atomic mass is 32.2. The Morgan fingerprint density at radius 1 is 1.26 bits per heavy atom. The zero-order valence-electron chi connectivity index (χ0n) is 20.2. The molecule has 1 N–H and O–H groups in total. The first-order valence-corrected chi connectivity index (χ1v) is 16.7. The summed E-state index contributed by atoms with van der Waals surface area (Å²) >= 11 is 4.28. The summed E-state index contributed by atoms with van der Waals surface area (Å²) in [6, 6.07) is 9.89. The summed E-state index contributed by atoms with van der Waals surface area (Å²) in [6.07, 6.45) is 0.695. The predicted molar refractivity (Wildman–Crippen MR) is 142 cm³/mol. The van der Waals surface area contributed by atoms with E-state index in [1.54, 1.807) is 0 Å². The average molecular weight is 535 g/mol. The van der Waals surface area contributed by atoms with E-state index in [4.69, 9.17) is 9.41 Å². The molecule has 1 saturated heterocycles. The molecule has 34 heavy (non-hydrogen) atoms. The van der Waals surface area contributed by atoms with Crippen molar-refractivity contribution < 1.29 is 19.1 Å². The molecular formula is C24H30N2O4S3Si. The first kappa shape index (κ1) is 25.5. The van der Waals surface area contributed by atoms with Crippen LogP contribution in [-0.4, -0.2) is 46.9 Å². The van der Waals surface area contributed by atoms with E-state index < -0.39 is 20.6 Å². The number of hydrogen-bond acceptors (Lipinski definition) is 7. The van der Waals surface area contributed by atoms with Crippen LogP contribution in [-0.2, 0) is 14.0 Å². The number of carbonyl (C=O) groups is 2. The Bertz CT molecular complexity index is 1130. The maximum atomic E-state index is 13.5.